The van der Waals surface area contributed by atoms with Crippen LogP contribution < -0.4 is 10.6 Å². The van der Waals surface area contributed by atoms with Crippen LogP contribution in [0.1, 0.15) is 25.1 Å². The number of nitrogens with zero attached hydrogens (tertiary/aromatic N) is 3. The van der Waals surface area contributed by atoms with Gasteiger partial charge in [0.1, 0.15) is 0 Å². The summed E-state index contributed by atoms with van der Waals surface area (Å²) in [7, 11) is 0. The SMILES string of the molecule is CCc1noc(CCNC(=O)[C@@H]2CNC[C@H](C(=O)N3CCOCC3)C2)n1. The van der Waals surface area contributed by atoms with Crippen molar-refractivity contribution in [1.82, 2.24) is 25.7 Å². The zero-order valence-corrected chi connectivity index (χ0v) is 15.2. The van der Waals surface area contributed by atoms with E-state index >= 15 is 0 Å². The van der Waals surface area contributed by atoms with E-state index in [1.807, 2.05) is 11.8 Å². The van der Waals surface area contributed by atoms with Gasteiger partial charge in [0.15, 0.2) is 5.82 Å². The number of morpholine rings is 1. The Morgan fingerprint density at radius 3 is 2.77 bits per heavy atom. The van der Waals surface area contributed by atoms with Crippen molar-refractivity contribution in [2.45, 2.75) is 26.2 Å². The van der Waals surface area contributed by atoms with Gasteiger partial charge < -0.3 is 24.8 Å². The van der Waals surface area contributed by atoms with Gasteiger partial charge in [-0.05, 0) is 6.42 Å². The summed E-state index contributed by atoms with van der Waals surface area (Å²) in [5.41, 5.74) is 0. The Kier molecular flexibility index (Phi) is 6.56. The van der Waals surface area contributed by atoms with E-state index in [0.717, 1.165) is 6.42 Å². The smallest absolute Gasteiger partial charge is 0.228 e. The van der Waals surface area contributed by atoms with Crippen LogP contribution in [0.2, 0.25) is 0 Å². The number of aromatic nitrogens is 2. The van der Waals surface area contributed by atoms with Gasteiger partial charge in [0, 0.05) is 45.6 Å². The monoisotopic (exact) mass is 365 g/mol. The summed E-state index contributed by atoms with van der Waals surface area (Å²) in [6.45, 7) is 6.08. The number of piperidine rings is 1. The highest BCUT2D eigenvalue weighted by atomic mass is 16.5. The lowest BCUT2D eigenvalue weighted by molar-refractivity contribution is -0.141. The normalized spacial score (nSPS) is 23.7. The van der Waals surface area contributed by atoms with Crippen LogP contribution in [0, 0.1) is 11.8 Å². The second kappa shape index (κ2) is 9.09. The molecule has 26 heavy (non-hydrogen) atoms. The summed E-state index contributed by atoms with van der Waals surface area (Å²) in [4.78, 5) is 31.1. The van der Waals surface area contributed by atoms with Crippen LogP contribution in [0.15, 0.2) is 4.52 Å². The number of carbonyl (C=O) groups excluding carboxylic acids is 2. The molecule has 0 aliphatic carbocycles. The molecule has 0 saturated carbocycles. The molecular weight excluding hydrogens is 338 g/mol. The van der Waals surface area contributed by atoms with E-state index in [4.69, 9.17) is 9.26 Å². The molecule has 1 aromatic heterocycles. The summed E-state index contributed by atoms with van der Waals surface area (Å²) in [6, 6.07) is 0. The highest BCUT2D eigenvalue weighted by Crippen LogP contribution is 2.19. The van der Waals surface area contributed by atoms with Gasteiger partial charge in [-0.2, -0.15) is 4.98 Å². The minimum absolute atomic E-state index is 0.0350. The number of carbonyl (C=O) groups is 2. The molecule has 0 bridgehead atoms. The maximum atomic E-state index is 12.6. The fraction of sp³-hybridized carbons (Fsp3) is 0.765. The van der Waals surface area contributed by atoms with Crippen molar-refractivity contribution in [2.75, 3.05) is 45.9 Å². The Bertz CT molecular complexity index is 614. The third-order valence-corrected chi connectivity index (χ3v) is 4.86. The maximum Gasteiger partial charge on any atom is 0.228 e. The summed E-state index contributed by atoms with van der Waals surface area (Å²) < 4.78 is 10.4. The van der Waals surface area contributed by atoms with Crippen molar-refractivity contribution < 1.29 is 18.8 Å². The molecule has 1 aromatic rings. The van der Waals surface area contributed by atoms with Crippen molar-refractivity contribution in [1.29, 1.82) is 0 Å². The molecule has 2 aliphatic heterocycles. The Morgan fingerprint density at radius 1 is 1.27 bits per heavy atom. The molecule has 9 nitrogen and oxygen atoms in total. The molecule has 3 heterocycles. The number of hydrogen-bond acceptors (Lipinski definition) is 7. The number of nitrogens with one attached hydrogen (secondary N) is 2. The number of hydrogen-bond donors (Lipinski definition) is 2. The van der Waals surface area contributed by atoms with E-state index in [-0.39, 0.29) is 23.7 Å². The van der Waals surface area contributed by atoms with Crippen LogP contribution >= 0.6 is 0 Å². The molecule has 2 atom stereocenters. The van der Waals surface area contributed by atoms with Crippen LogP contribution in [0.3, 0.4) is 0 Å². The molecule has 0 aromatic carbocycles. The zero-order chi connectivity index (χ0) is 18.4. The fourth-order valence-electron chi connectivity index (χ4n) is 3.34. The standard InChI is InChI=1S/C17H27N5O4/c1-2-14-20-15(26-21-14)3-4-19-16(23)12-9-13(11-18-10-12)17(24)22-5-7-25-8-6-22/h12-13,18H,2-11H2,1H3,(H,19,23)/t12-,13+/m0/s1. The average molecular weight is 365 g/mol. The molecule has 0 radical (unpaired) electrons. The van der Waals surface area contributed by atoms with Crippen molar-refractivity contribution in [3.05, 3.63) is 11.7 Å². The maximum absolute atomic E-state index is 12.6. The van der Waals surface area contributed by atoms with E-state index < -0.39 is 0 Å². The molecule has 2 saturated heterocycles. The number of rotatable bonds is 6. The van der Waals surface area contributed by atoms with E-state index in [9.17, 15) is 9.59 Å². The van der Waals surface area contributed by atoms with Gasteiger partial charge in [0.25, 0.3) is 0 Å². The third-order valence-electron chi connectivity index (χ3n) is 4.86. The minimum Gasteiger partial charge on any atom is -0.378 e. The second-order valence-corrected chi connectivity index (χ2v) is 6.72. The molecule has 0 spiro atoms. The van der Waals surface area contributed by atoms with Crippen LogP contribution in [0.5, 0.6) is 0 Å². The van der Waals surface area contributed by atoms with Crippen LogP contribution in [0.4, 0.5) is 0 Å². The summed E-state index contributed by atoms with van der Waals surface area (Å²) in [5.74, 6) is 0.938. The molecule has 2 aliphatic rings. The average Bonchev–Trinajstić information content (AvgIpc) is 3.16. The van der Waals surface area contributed by atoms with Gasteiger partial charge >= 0.3 is 0 Å². The predicted molar refractivity (Wildman–Crippen MR) is 92.3 cm³/mol. The predicted octanol–water partition coefficient (Wildman–Crippen LogP) is -0.625. The first kappa shape index (κ1) is 18.8. The Balaban J connectivity index is 1.44. The Morgan fingerprint density at radius 2 is 2.04 bits per heavy atom. The topological polar surface area (TPSA) is 110 Å². The molecule has 0 unspecified atom stereocenters. The van der Waals surface area contributed by atoms with Gasteiger partial charge in [-0.1, -0.05) is 12.1 Å². The molecule has 2 fully saturated rings. The van der Waals surface area contributed by atoms with E-state index in [2.05, 4.69) is 20.8 Å². The van der Waals surface area contributed by atoms with Crippen LogP contribution in [0.25, 0.3) is 0 Å². The Hall–Kier alpha value is -2.00. The minimum atomic E-state index is -0.201. The molecule has 2 amide bonds. The lowest BCUT2D eigenvalue weighted by atomic mass is 9.88. The molecule has 3 rings (SSSR count). The first-order valence-corrected chi connectivity index (χ1v) is 9.33. The lowest BCUT2D eigenvalue weighted by Crippen LogP contribution is -2.51. The van der Waals surface area contributed by atoms with Crippen molar-refractivity contribution in [3.63, 3.8) is 0 Å². The molecule has 9 heteroatoms. The van der Waals surface area contributed by atoms with Crippen LogP contribution in [-0.2, 0) is 27.2 Å². The van der Waals surface area contributed by atoms with Gasteiger partial charge in [-0.25, -0.2) is 0 Å². The highest BCUT2D eigenvalue weighted by molar-refractivity contribution is 5.83. The van der Waals surface area contributed by atoms with E-state index in [0.29, 0.717) is 70.5 Å². The fourth-order valence-corrected chi connectivity index (χ4v) is 3.34. The summed E-state index contributed by atoms with van der Waals surface area (Å²) in [6.07, 6.45) is 1.81. The van der Waals surface area contributed by atoms with Crippen LogP contribution in [-0.4, -0.2) is 72.8 Å². The number of aryl methyl sites for hydroxylation is 1. The quantitative estimate of drug-likeness (QED) is 0.691. The lowest BCUT2D eigenvalue weighted by Gasteiger charge is -2.34. The molecule has 144 valence electrons. The van der Waals surface area contributed by atoms with Crippen molar-refractivity contribution >= 4 is 11.8 Å². The van der Waals surface area contributed by atoms with Gasteiger partial charge in [-0.15, -0.1) is 0 Å². The number of amides is 2. The van der Waals surface area contributed by atoms with E-state index in [1.165, 1.54) is 0 Å². The van der Waals surface area contributed by atoms with Gasteiger partial charge in [0.05, 0.1) is 25.0 Å². The second-order valence-electron chi connectivity index (χ2n) is 6.72. The molecular formula is C17H27N5O4. The molecule has 2 N–H and O–H groups in total. The van der Waals surface area contributed by atoms with Crippen molar-refractivity contribution in [3.8, 4) is 0 Å². The number of ether oxygens (including phenoxy) is 1. The summed E-state index contributed by atoms with van der Waals surface area (Å²) >= 11 is 0. The first-order chi connectivity index (χ1) is 12.7. The first-order valence-electron chi connectivity index (χ1n) is 9.33. The third kappa shape index (κ3) is 4.79. The largest absolute Gasteiger partial charge is 0.378 e. The van der Waals surface area contributed by atoms with Gasteiger partial charge in [0.2, 0.25) is 17.7 Å². The Labute approximate surface area is 152 Å². The van der Waals surface area contributed by atoms with E-state index in [1.54, 1.807) is 0 Å². The zero-order valence-electron chi connectivity index (χ0n) is 15.2. The van der Waals surface area contributed by atoms with Gasteiger partial charge in [-0.3, -0.25) is 9.59 Å². The van der Waals surface area contributed by atoms with Crippen molar-refractivity contribution in [2.24, 2.45) is 11.8 Å². The summed E-state index contributed by atoms with van der Waals surface area (Å²) in [5, 5.41) is 9.98. The highest BCUT2D eigenvalue weighted by Gasteiger charge is 2.33.